The van der Waals surface area contributed by atoms with E-state index in [1.807, 2.05) is 25.1 Å². The predicted molar refractivity (Wildman–Crippen MR) is 82.9 cm³/mol. The Kier molecular flexibility index (Phi) is 4.92. The quantitative estimate of drug-likeness (QED) is 0.895. The lowest BCUT2D eigenvalue weighted by Gasteiger charge is -2.15. The van der Waals surface area contributed by atoms with Crippen LogP contribution < -0.4 is 4.74 Å². The molecule has 0 aliphatic carbocycles. The van der Waals surface area contributed by atoms with Gasteiger partial charge in [-0.05, 0) is 36.2 Å². The van der Waals surface area contributed by atoms with Crippen LogP contribution in [0.5, 0.6) is 5.75 Å². The van der Waals surface area contributed by atoms with Gasteiger partial charge < -0.3 is 9.84 Å². The molecular formula is C16H16Cl2O2. The van der Waals surface area contributed by atoms with Gasteiger partial charge >= 0.3 is 0 Å². The Morgan fingerprint density at radius 3 is 2.50 bits per heavy atom. The highest BCUT2D eigenvalue weighted by atomic mass is 35.5. The molecule has 4 heteroatoms. The number of aliphatic hydroxyl groups excluding tert-OH is 1. The first kappa shape index (κ1) is 15.2. The summed E-state index contributed by atoms with van der Waals surface area (Å²) < 4.78 is 5.32. The topological polar surface area (TPSA) is 29.5 Å². The summed E-state index contributed by atoms with van der Waals surface area (Å²) in [6.45, 7) is 2.01. The van der Waals surface area contributed by atoms with E-state index in [4.69, 9.17) is 27.9 Å². The summed E-state index contributed by atoms with van der Waals surface area (Å²) in [6.07, 6.45) is -0.191. The van der Waals surface area contributed by atoms with Crippen LogP contribution in [-0.4, -0.2) is 12.2 Å². The Morgan fingerprint density at radius 2 is 1.85 bits per heavy atom. The van der Waals surface area contributed by atoms with Gasteiger partial charge in [-0.1, -0.05) is 47.0 Å². The van der Waals surface area contributed by atoms with E-state index in [-0.39, 0.29) is 0 Å². The Morgan fingerprint density at radius 1 is 1.10 bits per heavy atom. The van der Waals surface area contributed by atoms with Crippen molar-refractivity contribution >= 4 is 23.2 Å². The zero-order valence-corrected chi connectivity index (χ0v) is 12.9. The van der Waals surface area contributed by atoms with Gasteiger partial charge in [0.25, 0.3) is 0 Å². The maximum atomic E-state index is 10.3. The molecule has 0 spiro atoms. The lowest BCUT2D eigenvalue weighted by atomic mass is 9.99. The van der Waals surface area contributed by atoms with Crippen LogP contribution in [0.15, 0.2) is 36.4 Å². The molecule has 0 saturated heterocycles. The number of aryl methyl sites for hydroxylation is 1. The van der Waals surface area contributed by atoms with Crippen molar-refractivity contribution in [3.63, 3.8) is 0 Å². The molecule has 2 rings (SSSR count). The van der Waals surface area contributed by atoms with Crippen molar-refractivity contribution in [3.05, 3.63) is 63.1 Å². The minimum Gasteiger partial charge on any atom is -0.496 e. The monoisotopic (exact) mass is 310 g/mol. The van der Waals surface area contributed by atoms with Gasteiger partial charge in [-0.15, -0.1) is 0 Å². The lowest BCUT2D eigenvalue weighted by molar-refractivity contribution is 0.177. The summed E-state index contributed by atoms with van der Waals surface area (Å²) in [6, 6.07) is 11.1. The van der Waals surface area contributed by atoms with Gasteiger partial charge in [0, 0.05) is 6.42 Å². The largest absolute Gasteiger partial charge is 0.496 e. The number of halogens is 2. The second-order valence-electron chi connectivity index (χ2n) is 4.71. The number of aliphatic hydroxyl groups is 1. The van der Waals surface area contributed by atoms with Gasteiger partial charge in [0.2, 0.25) is 0 Å². The van der Waals surface area contributed by atoms with Crippen LogP contribution in [0.1, 0.15) is 22.8 Å². The van der Waals surface area contributed by atoms with E-state index in [0.29, 0.717) is 16.5 Å². The molecular weight excluding hydrogens is 295 g/mol. The zero-order valence-electron chi connectivity index (χ0n) is 11.4. The fourth-order valence-corrected chi connectivity index (χ4v) is 2.42. The number of hydrogen-bond donors (Lipinski definition) is 1. The molecule has 0 aromatic heterocycles. The van der Waals surface area contributed by atoms with Crippen LogP contribution in [0.3, 0.4) is 0 Å². The van der Waals surface area contributed by atoms with E-state index in [9.17, 15) is 5.11 Å². The molecule has 20 heavy (non-hydrogen) atoms. The van der Waals surface area contributed by atoms with Crippen LogP contribution in [-0.2, 0) is 6.42 Å². The summed E-state index contributed by atoms with van der Waals surface area (Å²) in [4.78, 5) is 0. The number of ether oxygens (including phenoxy) is 1. The molecule has 0 aliphatic heterocycles. The van der Waals surface area contributed by atoms with E-state index in [0.717, 1.165) is 22.4 Å². The standard InChI is InChI=1S/C16H16Cl2O2/c1-10-3-6-16(20-2)12(7-10)9-15(19)11-4-5-13(17)14(18)8-11/h3-8,15,19H,9H2,1-2H3. The average Bonchev–Trinajstić information content (AvgIpc) is 2.42. The third-order valence-corrected chi connectivity index (χ3v) is 3.92. The molecule has 0 heterocycles. The molecule has 0 saturated carbocycles. The summed E-state index contributed by atoms with van der Waals surface area (Å²) in [5, 5.41) is 11.3. The summed E-state index contributed by atoms with van der Waals surface area (Å²) >= 11 is 11.9. The Hall–Kier alpha value is -1.22. The number of rotatable bonds is 4. The van der Waals surface area contributed by atoms with Crippen molar-refractivity contribution < 1.29 is 9.84 Å². The van der Waals surface area contributed by atoms with Crippen LogP contribution >= 0.6 is 23.2 Å². The highest BCUT2D eigenvalue weighted by molar-refractivity contribution is 6.42. The van der Waals surface area contributed by atoms with E-state index >= 15 is 0 Å². The Labute approximate surface area is 128 Å². The molecule has 1 atom stereocenters. The van der Waals surface area contributed by atoms with Gasteiger partial charge in [-0.25, -0.2) is 0 Å². The van der Waals surface area contributed by atoms with Crippen molar-refractivity contribution in [2.24, 2.45) is 0 Å². The molecule has 106 valence electrons. The molecule has 1 N–H and O–H groups in total. The molecule has 0 bridgehead atoms. The molecule has 2 nitrogen and oxygen atoms in total. The average molecular weight is 311 g/mol. The fraction of sp³-hybridized carbons (Fsp3) is 0.250. The van der Waals surface area contributed by atoms with E-state index in [1.54, 1.807) is 25.3 Å². The molecule has 0 fully saturated rings. The van der Waals surface area contributed by atoms with Crippen LogP contribution in [0.4, 0.5) is 0 Å². The highest BCUT2D eigenvalue weighted by Gasteiger charge is 2.13. The zero-order chi connectivity index (χ0) is 14.7. The second kappa shape index (κ2) is 6.49. The van der Waals surface area contributed by atoms with Crippen molar-refractivity contribution in [2.45, 2.75) is 19.4 Å². The molecule has 0 aliphatic rings. The molecule has 0 amide bonds. The minimum absolute atomic E-state index is 0.444. The fourth-order valence-electron chi connectivity index (χ4n) is 2.11. The summed E-state index contributed by atoms with van der Waals surface area (Å²) in [7, 11) is 1.62. The van der Waals surface area contributed by atoms with Crippen LogP contribution in [0.2, 0.25) is 10.0 Å². The first-order chi connectivity index (χ1) is 9.51. The molecule has 1 unspecified atom stereocenters. The summed E-state index contributed by atoms with van der Waals surface area (Å²) in [5.74, 6) is 0.773. The third-order valence-electron chi connectivity index (χ3n) is 3.18. The lowest BCUT2D eigenvalue weighted by Crippen LogP contribution is -2.04. The number of hydrogen-bond acceptors (Lipinski definition) is 2. The molecule has 0 radical (unpaired) electrons. The summed E-state index contributed by atoms with van der Waals surface area (Å²) in [5.41, 5.74) is 2.83. The Balaban J connectivity index is 2.24. The van der Waals surface area contributed by atoms with Crippen molar-refractivity contribution in [3.8, 4) is 5.75 Å². The smallest absolute Gasteiger partial charge is 0.122 e. The predicted octanol–water partition coefficient (Wildman–Crippen LogP) is 4.59. The van der Waals surface area contributed by atoms with E-state index in [2.05, 4.69) is 0 Å². The second-order valence-corrected chi connectivity index (χ2v) is 5.52. The maximum absolute atomic E-state index is 10.3. The van der Waals surface area contributed by atoms with E-state index in [1.165, 1.54) is 0 Å². The number of methoxy groups -OCH3 is 1. The van der Waals surface area contributed by atoms with Gasteiger partial charge in [-0.3, -0.25) is 0 Å². The third kappa shape index (κ3) is 3.45. The van der Waals surface area contributed by atoms with E-state index < -0.39 is 6.10 Å². The SMILES string of the molecule is COc1ccc(C)cc1CC(O)c1ccc(Cl)c(Cl)c1. The maximum Gasteiger partial charge on any atom is 0.122 e. The van der Waals surface area contributed by atoms with Crippen LogP contribution in [0, 0.1) is 6.92 Å². The van der Waals surface area contributed by atoms with Gasteiger partial charge in [0.15, 0.2) is 0 Å². The normalized spacial score (nSPS) is 12.2. The van der Waals surface area contributed by atoms with Gasteiger partial charge in [-0.2, -0.15) is 0 Å². The van der Waals surface area contributed by atoms with Gasteiger partial charge in [0.05, 0.1) is 23.3 Å². The Bertz CT molecular complexity index is 611. The van der Waals surface area contributed by atoms with Crippen molar-refractivity contribution in [1.29, 1.82) is 0 Å². The minimum atomic E-state index is -0.652. The van der Waals surface area contributed by atoms with Gasteiger partial charge in [0.1, 0.15) is 5.75 Å². The van der Waals surface area contributed by atoms with Crippen molar-refractivity contribution in [2.75, 3.05) is 7.11 Å². The van der Waals surface area contributed by atoms with Crippen molar-refractivity contribution in [1.82, 2.24) is 0 Å². The van der Waals surface area contributed by atoms with Crippen LogP contribution in [0.25, 0.3) is 0 Å². The molecule has 2 aromatic carbocycles. The highest BCUT2D eigenvalue weighted by Crippen LogP contribution is 2.29. The number of benzene rings is 2. The first-order valence-corrected chi connectivity index (χ1v) is 7.03. The molecule has 2 aromatic rings. The first-order valence-electron chi connectivity index (χ1n) is 6.28.